The summed E-state index contributed by atoms with van der Waals surface area (Å²) < 4.78 is 51.7. The van der Waals surface area contributed by atoms with Gasteiger partial charge in [-0.1, -0.05) is 72.4 Å². The van der Waals surface area contributed by atoms with Crippen LogP contribution in [-0.2, 0) is 18.8 Å². The summed E-state index contributed by atoms with van der Waals surface area (Å²) in [6.07, 6.45) is 0.695. The van der Waals surface area contributed by atoms with Crippen molar-refractivity contribution in [2.45, 2.75) is 17.1 Å². The van der Waals surface area contributed by atoms with E-state index in [1.54, 1.807) is 35.9 Å². The van der Waals surface area contributed by atoms with Crippen molar-refractivity contribution < 1.29 is 44.5 Å². The molecule has 1 saturated heterocycles. The number of thioether (sulfide) groups is 1. The van der Waals surface area contributed by atoms with Crippen molar-refractivity contribution in [3.63, 3.8) is 0 Å². The number of anilines is 1. The van der Waals surface area contributed by atoms with Crippen LogP contribution in [0.1, 0.15) is 17.5 Å². The van der Waals surface area contributed by atoms with Gasteiger partial charge in [-0.3, -0.25) is 14.4 Å². The first-order valence-corrected chi connectivity index (χ1v) is 16.9. The Morgan fingerprint density at radius 1 is 0.886 bits per heavy atom. The summed E-state index contributed by atoms with van der Waals surface area (Å²) in [7, 11) is -3.09. The van der Waals surface area contributed by atoms with Gasteiger partial charge in [-0.05, 0) is 24.3 Å². The first-order chi connectivity index (χ1) is 20.8. The molecular weight excluding hydrogens is 627 g/mol. The Balaban J connectivity index is 0.00000442. The lowest BCUT2D eigenvalue weighted by atomic mass is 10.2. The van der Waals surface area contributed by atoms with Gasteiger partial charge in [0, 0.05) is 46.3 Å². The third-order valence-corrected chi connectivity index (χ3v) is 10.1. The molecule has 2 aliphatic heterocycles. The quantitative estimate of drug-likeness (QED) is 0.132. The van der Waals surface area contributed by atoms with Crippen LogP contribution in [0.25, 0.3) is 11.5 Å². The van der Waals surface area contributed by atoms with Gasteiger partial charge in [0.25, 0.3) is 11.7 Å². The molecule has 5 rings (SSSR count). The van der Waals surface area contributed by atoms with Gasteiger partial charge in [0.2, 0.25) is 0 Å². The lowest BCUT2D eigenvalue weighted by Crippen LogP contribution is -3.00. The normalized spacial score (nSPS) is 17.1. The Morgan fingerprint density at radius 3 is 2.00 bits per heavy atom. The molecule has 234 valence electrons. The van der Waals surface area contributed by atoms with E-state index in [0.29, 0.717) is 84.2 Å². The van der Waals surface area contributed by atoms with Crippen LogP contribution in [0.5, 0.6) is 0 Å². The summed E-state index contributed by atoms with van der Waals surface area (Å²) in [5.41, 5.74) is 2.26. The standard InChI is InChI=1S/C32H34F2N3O4PS.ClH/c33-32(34)43-28-14-12-27(13-15-28)36-31(38)22-37(18-20-40-21-19-37)17-7-16-35-42(39)23-29(25-8-3-1-4-9-25)41-30(24-42)26-10-5-2-6-11-26;/h1-6,8-15,23-24,32H,7,16-22H2,(H-,35,36,38,39);1H. The highest BCUT2D eigenvalue weighted by Gasteiger charge is 2.33. The summed E-state index contributed by atoms with van der Waals surface area (Å²) in [6, 6.07) is 25.7. The van der Waals surface area contributed by atoms with Crippen LogP contribution in [0, 0.1) is 0 Å². The predicted molar refractivity (Wildman–Crippen MR) is 168 cm³/mol. The lowest BCUT2D eigenvalue weighted by Gasteiger charge is -2.40. The molecule has 0 unspecified atom stereocenters. The fraction of sp³-hybridized carbons (Fsp3) is 0.281. The molecular formula is C32H35ClF2N3O4PS. The average molecular weight is 662 g/mol. The maximum atomic E-state index is 14.1. The molecule has 1 amide bonds. The van der Waals surface area contributed by atoms with Crippen LogP contribution < -0.4 is 22.8 Å². The van der Waals surface area contributed by atoms with Crippen LogP contribution in [0.15, 0.2) is 101 Å². The van der Waals surface area contributed by atoms with Crippen LogP contribution in [0.4, 0.5) is 14.5 Å². The van der Waals surface area contributed by atoms with Crippen LogP contribution >= 0.6 is 19.1 Å². The molecule has 3 aromatic rings. The minimum atomic E-state index is -3.09. The van der Waals surface area contributed by atoms with Crippen molar-refractivity contribution in [2.24, 2.45) is 0 Å². The van der Waals surface area contributed by atoms with Gasteiger partial charge in [-0.2, -0.15) is 8.78 Å². The fourth-order valence-corrected chi connectivity index (χ4v) is 7.57. The number of alkyl halides is 2. The summed E-state index contributed by atoms with van der Waals surface area (Å²) >= 11 is 0.470. The zero-order valence-electron chi connectivity index (χ0n) is 24.0. The highest BCUT2D eigenvalue weighted by atomic mass is 35.5. The summed E-state index contributed by atoms with van der Waals surface area (Å²) in [5, 5.41) is 6.19. The number of benzene rings is 3. The minimum Gasteiger partial charge on any atom is -1.00 e. The number of hydrogen-bond acceptors (Lipinski definition) is 5. The third-order valence-electron chi connectivity index (χ3n) is 7.38. The number of nitrogens with one attached hydrogen (secondary N) is 2. The van der Waals surface area contributed by atoms with Gasteiger partial charge >= 0.3 is 0 Å². The maximum Gasteiger partial charge on any atom is 0.288 e. The number of ether oxygens (including phenoxy) is 2. The minimum absolute atomic E-state index is 0. The topological polar surface area (TPSA) is 76.7 Å². The molecule has 0 bridgehead atoms. The second-order valence-electron chi connectivity index (χ2n) is 10.5. The zero-order valence-corrected chi connectivity index (χ0v) is 26.5. The Labute approximate surface area is 267 Å². The van der Waals surface area contributed by atoms with Crippen molar-refractivity contribution in [3.05, 3.63) is 108 Å². The van der Waals surface area contributed by atoms with E-state index in [-0.39, 0.29) is 24.9 Å². The molecule has 0 atom stereocenters. The van der Waals surface area contributed by atoms with E-state index in [4.69, 9.17) is 9.47 Å². The van der Waals surface area contributed by atoms with Gasteiger partial charge in [0.1, 0.15) is 24.6 Å². The number of nitrogens with zero attached hydrogens (tertiary/aromatic N) is 1. The van der Waals surface area contributed by atoms with Gasteiger partial charge in [0.15, 0.2) is 13.8 Å². The van der Waals surface area contributed by atoms with Gasteiger partial charge in [0.05, 0.1) is 19.8 Å². The fourth-order valence-electron chi connectivity index (χ4n) is 5.20. The zero-order chi connectivity index (χ0) is 30.1. The number of halogens is 3. The first-order valence-electron chi connectivity index (χ1n) is 14.2. The second-order valence-corrected chi connectivity index (χ2v) is 13.8. The van der Waals surface area contributed by atoms with Crippen molar-refractivity contribution in [2.75, 3.05) is 51.3 Å². The molecule has 44 heavy (non-hydrogen) atoms. The van der Waals surface area contributed by atoms with Crippen LogP contribution in [0.3, 0.4) is 0 Å². The van der Waals surface area contributed by atoms with Crippen molar-refractivity contribution in [3.8, 4) is 0 Å². The highest BCUT2D eigenvalue weighted by molar-refractivity contribution is 7.99. The molecule has 2 heterocycles. The molecule has 1 fully saturated rings. The van der Waals surface area contributed by atoms with Crippen molar-refractivity contribution >= 4 is 42.2 Å². The molecule has 12 heteroatoms. The SMILES string of the molecule is O=C(C[N+]1(CCCNP2(=O)C=C(c3ccccc3)OC(c3ccccc3)=C2)CCOCC1)Nc1ccc(SC(F)F)cc1.[Cl-]. The Kier molecular flexibility index (Phi) is 12.2. The van der Waals surface area contributed by atoms with E-state index < -0.39 is 13.1 Å². The molecule has 2 aliphatic rings. The van der Waals surface area contributed by atoms with Gasteiger partial charge in [-0.25, -0.2) is 0 Å². The number of carbonyl (C=O) groups excluding carboxylic acids is 1. The van der Waals surface area contributed by atoms with E-state index in [2.05, 4.69) is 10.4 Å². The molecule has 0 radical (unpaired) electrons. The lowest BCUT2D eigenvalue weighted by molar-refractivity contribution is -0.927. The van der Waals surface area contributed by atoms with Crippen molar-refractivity contribution in [1.29, 1.82) is 0 Å². The molecule has 3 aromatic carbocycles. The number of carbonyl (C=O) groups is 1. The first kappa shape index (κ1) is 33.9. The van der Waals surface area contributed by atoms with E-state index >= 15 is 0 Å². The molecule has 0 spiro atoms. The van der Waals surface area contributed by atoms with Crippen LogP contribution in [0.2, 0.25) is 0 Å². The number of quaternary nitrogens is 1. The highest BCUT2D eigenvalue weighted by Crippen LogP contribution is 2.53. The number of hydrogen-bond donors (Lipinski definition) is 2. The molecule has 0 aliphatic carbocycles. The molecule has 2 N–H and O–H groups in total. The van der Waals surface area contributed by atoms with Crippen LogP contribution in [-0.4, -0.2) is 62.1 Å². The largest absolute Gasteiger partial charge is 1.00 e. The summed E-state index contributed by atoms with van der Waals surface area (Å²) in [6.45, 7) is 3.95. The monoisotopic (exact) mass is 661 g/mol. The molecule has 0 saturated carbocycles. The van der Waals surface area contributed by atoms with Crippen molar-refractivity contribution in [1.82, 2.24) is 5.09 Å². The third kappa shape index (κ3) is 9.51. The van der Waals surface area contributed by atoms with E-state index in [0.717, 1.165) is 11.1 Å². The Morgan fingerprint density at radius 2 is 1.45 bits per heavy atom. The van der Waals surface area contributed by atoms with Gasteiger partial charge in [-0.15, -0.1) is 0 Å². The molecule has 7 nitrogen and oxygen atoms in total. The number of morpholine rings is 1. The Bertz CT molecular complexity index is 1430. The average Bonchev–Trinajstić information content (AvgIpc) is 3.01. The number of amides is 1. The second kappa shape index (κ2) is 15.8. The van der Waals surface area contributed by atoms with E-state index in [9.17, 15) is 18.1 Å². The molecule has 0 aromatic heterocycles. The summed E-state index contributed by atoms with van der Waals surface area (Å²) in [5.74, 6) is 1.83. The maximum absolute atomic E-state index is 14.1. The smallest absolute Gasteiger partial charge is 0.288 e. The van der Waals surface area contributed by atoms with Gasteiger partial charge < -0.3 is 31.7 Å². The predicted octanol–water partition coefficient (Wildman–Crippen LogP) is 4.08. The number of rotatable bonds is 12. The van der Waals surface area contributed by atoms with E-state index in [1.807, 2.05) is 60.7 Å². The van der Waals surface area contributed by atoms with E-state index in [1.165, 1.54) is 0 Å². The summed E-state index contributed by atoms with van der Waals surface area (Å²) in [4.78, 5) is 13.5. The Hall–Kier alpha value is -2.98.